The third-order valence-electron chi connectivity index (χ3n) is 1.78. The van der Waals surface area contributed by atoms with Crippen molar-refractivity contribution in [3.8, 4) is 0 Å². The van der Waals surface area contributed by atoms with Crippen molar-refractivity contribution in [2.75, 3.05) is 5.75 Å². The van der Waals surface area contributed by atoms with Crippen LogP contribution in [0.25, 0.3) is 0 Å². The highest BCUT2D eigenvalue weighted by atomic mass is 32.2. The summed E-state index contributed by atoms with van der Waals surface area (Å²) in [4.78, 5) is 24.4. The third-order valence-corrected chi connectivity index (χ3v) is 2.98. The smallest absolute Gasteiger partial charge is 0.258 e. The van der Waals surface area contributed by atoms with E-state index in [9.17, 15) is 14.9 Å². The van der Waals surface area contributed by atoms with Crippen LogP contribution in [-0.4, -0.2) is 16.8 Å². The Kier molecular flexibility index (Phi) is 4.69. The molecule has 1 rings (SSSR count). The van der Waals surface area contributed by atoms with E-state index in [1.54, 1.807) is 17.8 Å². The lowest BCUT2D eigenvalue weighted by molar-refractivity contribution is -0.384. The number of nitro benzene ring substituents is 1. The largest absolute Gasteiger partial charge is 0.295 e. The lowest BCUT2D eigenvalue weighted by atomic mass is 10.3. The van der Waals surface area contributed by atoms with Gasteiger partial charge in [0, 0.05) is 11.0 Å². The van der Waals surface area contributed by atoms with Crippen LogP contribution >= 0.6 is 11.8 Å². The molecule has 5 nitrogen and oxygen atoms in total. The van der Waals surface area contributed by atoms with Gasteiger partial charge in [0.25, 0.3) is 5.69 Å². The van der Waals surface area contributed by atoms with E-state index in [2.05, 4.69) is 4.99 Å². The second kappa shape index (κ2) is 6.05. The maximum Gasteiger partial charge on any atom is 0.295 e. The highest BCUT2D eigenvalue weighted by Gasteiger charge is 2.13. The number of hydrogen-bond donors (Lipinski definition) is 0. The Morgan fingerprint density at radius 2 is 2.31 bits per heavy atom. The fourth-order valence-electron chi connectivity index (χ4n) is 1.11. The molecule has 0 aliphatic rings. The zero-order valence-corrected chi connectivity index (χ0v) is 9.49. The maximum absolute atomic E-state index is 10.6. The molecule has 0 spiro atoms. The lowest BCUT2D eigenvalue weighted by Crippen LogP contribution is -1.88. The van der Waals surface area contributed by atoms with Gasteiger partial charge in [0.1, 0.15) is 0 Å². The Morgan fingerprint density at radius 1 is 1.56 bits per heavy atom. The summed E-state index contributed by atoms with van der Waals surface area (Å²) >= 11 is 1.57. The number of carbonyl (C=O) groups excluding carboxylic acids is 1. The fraction of sp³-hybridized carbons (Fsp3) is 0.300. The summed E-state index contributed by atoms with van der Waals surface area (Å²) in [7, 11) is 0. The van der Waals surface area contributed by atoms with E-state index < -0.39 is 4.92 Å². The molecule has 0 aliphatic carbocycles. The number of aliphatic imine (C=N–C) groups is 1. The summed E-state index contributed by atoms with van der Waals surface area (Å²) in [5.41, 5.74) is -0.120. The van der Waals surface area contributed by atoms with E-state index in [1.165, 1.54) is 18.2 Å². The van der Waals surface area contributed by atoms with Gasteiger partial charge in [-0.1, -0.05) is 6.92 Å². The highest BCUT2D eigenvalue weighted by molar-refractivity contribution is 7.99. The summed E-state index contributed by atoms with van der Waals surface area (Å²) < 4.78 is 0. The molecular weight excluding hydrogens is 228 g/mol. The highest BCUT2D eigenvalue weighted by Crippen LogP contribution is 2.31. The summed E-state index contributed by atoms with van der Waals surface area (Å²) in [5.74, 6) is 0.919. The van der Waals surface area contributed by atoms with E-state index in [1.807, 2.05) is 6.92 Å². The first-order valence-corrected chi connectivity index (χ1v) is 5.66. The number of isocyanates is 1. The van der Waals surface area contributed by atoms with Gasteiger partial charge in [-0.2, -0.15) is 4.99 Å². The average molecular weight is 238 g/mol. The molecule has 0 fully saturated rings. The van der Waals surface area contributed by atoms with Gasteiger partial charge < -0.3 is 0 Å². The van der Waals surface area contributed by atoms with Gasteiger partial charge in [-0.15, -0.1) is 11.8 Å². The van der Waals surface area contributed by atoms with Gasteiger partial charge in [0.15, 0.2) is 5.69 Å². The Morgan fingerprint density at radius 3 is 2.88 bits per heavy atom. The van der Waals surface area contributed by atoms with Crippen molar-refractivity contribution in [2.24, 2.45) is 4.99 Å². The summed E-state index contributed by atoms with van der Waals surface area (Å²) in [6.45, 7) is 2.04. The number of nitro groups is 1. The van der Waals surface area contributed by atoms with Gasteiger partial charge in [-0.05, 0) is 24.3 Å². The molecule has 1 aromatic rings. The van der Waals surface area contributed by atoms with Crippen molar-refractivity contribution in [3.05, 3.63) is 28.3 Å². The monoisotopic (exact) mass is 238 g/mol. The first-order chi connectivity index (χ1) is 7.69. The topological polar surface area (TPSA) is 72.6 Å². The Balaban J connectivity index is 3.07. The summed E-state index contributed by atoms with van der Waals surface area (Å²) in [6.07, 6.45) is 2.33. The Labute approximate surface area is 96.7 Å². The van der Waals surface area contributed by atoms with Crippen molar-refractivity contribution in [1.29, 1.82) is 0 Å². The molecule has 0 bridgehead atoms. The first kappa shape index (κ1) is 12.4. The van der Waals surface area contributed by atoms with Crippen molar-refractivity contribution in [3.63, 3.8) is 0 Å². The van der Waals surface area contributed by atoms with Crippen LogP contribution in [0.2, 0.25) is 0 Å². The van der Waals surface area contributed by atoms with Crippen molar-refractivity contribution < 1.29 is 9.72 Å². The molecule has 0 N–H and O–H groups in total. The van der Waals surface area contributed by atoms with Gasteiger partial charge in [-0.3, -0.25) is 10.1 Å². The molecule has 0 unspecified atom stereocenters. The number of rotatable bonds is 5. The van der Waals surface area contributed by atoms with E-state index in [0.717, 1.165) is 17.1 Å². The molecule has 0 saturated carbocycles. The first-order valence-electron chi connectivity index (χ1n) is 4.68. The molecule has 0 aromatic heterocycles. The molecule has 84 valence electrons. The van der Waals surface area contributed by atoms with E-state index in [4.69, 9.17) is 0 Å². The van der Waals surface area contributed by atoms with E-state index >= 15 is 0 Å². The maximum atomic E-state index is 10.6. The number of thioether (sulfide) groups is 1. The molecule has 0 heterocycles. The number of benzene rings is 1. The number of hydrogen-bond acceptors (Lipinski definition) is 5. The van der Waals surface area contributed by atoms with Crippen LogP contribution in [0.4, 0.5) is 11.4 Å². The third kappa shape index (κ3) is 3.18. The van der Waals surface area contributed by atoms with Crippen molar-refractivity contribution in [2.45, 2.75) is 18.2 Å². The van der Waals surface area contributed by atoms with Crippen LogP contribution in [0.5, 0.6) is 0 Å². The second-order valence-electron chi connectivity index (χ2n) is 2.96. The Bertz CT molecular complexity index is 442. The van der Waals surface area contributed by atoms with Crippen LogP contribution < -0.4 is 0 Å². The summed E-state index contributed by atoms with van der Waals surface area (Å²) in [5, 5.41) is 10.6. The zero-order valence-electron chi connectivity index (χ0n) is 8.67. The van der Waals surface area contributed by atoms with Gasteiger partial charge in [0.2, 0.25) is 6.08 Å². The quantitative estimate of drug-likeness (QED) is 0.260. The van der Waals surface area contributed by atoms with E-state index in [-0.39, 0.29) is 11.4 Å². The average Bonchev–Trinajstić information content (AvgIpc) is 2.26. The zero-order chi connectivity index (χ0) is 12.0. The van der Waals surface area contributed by atoms with Crippen LogP contribution in [0.1, 0.15) is 13.3 Å². The molecule has 0 amide bonds. The van der Waals surface area contributed by atoms with Crippen LogP contribution in [0, 0.1) is 10.1 Å². The lowest BCUT2D eigenvalue weighted by Gasteiger charge is -2.01. The van der Waals surface area contributed by atoms with Crippen LogP contribution in [0.3, 0.4) is 0 Å². The van der Waals surface area contributed by atoms with Gasteiger partial charge in [-0.25, -0.2) is 4.79 Å². The van der Waals surface area contributed by atoms with Crippen LogP contribution in [-0.2, 0) is 4.79 Å². The van der Waals surface area contributed by atoms with Gasteiger partial charge in [0.05, 0.1) is 4.92 Å². The minimum Gasteiger partial charge on any atom is -0.258 e. The Hall–Kier alpha value is -1.65. The normalized spacial score (nSPS) is 9.56. The predicted molar refractivity (Wildman–Crippen MR) is 61.9 cm³/mol. The molecular formula is C10H10N2O3S. The summed E-state index contributed by atoms with van der Waals surface area (Å²) in [6, 6.07) is 4.54. The van der Waals surface area contributed by atoms with Crippen molar-refractivity contribution >= 4 is 29.2 Å². The molecule has 6 heteroatoms. The van der Waals surface area contributed by atoms with Crippen molar-refractivity contribution in [1.82, 2.24) is 0 Å². The molecule has 1 aromatic carbocycles. The molecule has 0 saturated heterocycles. The molecule has 0 aliphatic heterocycles. The number of nitrogens with zero attached hydrogens (tertiary/aromatic N) is 2. The van der Waals surface area contributed by atoms with Crippen LogP contribution in [0.15, 0.2) is 28.1 Å². The predicted octanol–water partition coefficient (Wildman–Crippen LogP) is 3.06. The molecule has 0 atom stereocenters. The minimum absolute atomic E-state index is 0.0566. The van der Waals surface area contributed by atoms with E-state index in [0.29, 0.717) is 0 Å². The molecule has 0 radical (unpaired) electrons. The molecule has 16 heavy (non-hydrogen) atoms. The second-order valence-corrected chi connectivity index (χ2v) is 4.13. The fourth-order valence-corrected chi connectivity index (χ4v) is 1.91. The van der Waals surface area contributed by atoms with Gasteiger partial charge >= 0.3 is 0 Å². The standard InChI is InChI=1S/C10H10N2O3S/c1-2-5-16-8-3-4-10(12(14)15)9(6-8)11-7-13/h3-4,6H,2,5H2,1H3. The minimum atomic E-state index is -0.565. The SMILES string of the molecule is CCCSc1ccc([N+](=O)[O-])c(N=C=O)c1.